The Kier molecular flexibility index (Phi) is 10.7. The molecule has 0 radical (unpaired) electrons. The Labute approximate surface area is 283 Å². The molecule has 1 amide bonds. The van der Waals surface area contributed by atoms with Crippen molar-refractivity contribution in [3.8, 4) is 18.0 Å². The summed E-state index contributed by atoms with van der Waals surface area (Å²) in [7, 11) is 0. The number of benzene rings is 1. The lowest BCUT2D eigenvalue weighted by Crippen LogP contribution is -2.58. The lowest BCUT2D eigenvalue weighted by atomic mass is 9.99. The molecular formula is C36H39F2N9O2. The van der Waals surface area contributed by atoms with Crippen LogP contribution in [0.25, 0.3) is 16.7 Å². The maximum absolute atomic E-state index is 15.9. The maximum Gasteiger partial charge on any atom is 0.355 e. The number of para-hydroxylation sites is 1. The van der Waals surface area contributed by atoms with Crippen LogP contribution < -0.4 is 15.9 Å². The van der Waals surface area contributed by atoms with Crippen molar-refractivity contribution in [3.63, 3.8) is 0 Å². The SMILES string of the molecule is C#C/C=C\C=C(\F)Cc1nc2c(cc1F)c(N1C[C@@H](C)N(C(=O)C=C)C[C@@H]1C)nc(=O)n2-c1c(NCCc2c[nH]nn2)cccc1C(C)C. The first-order valence-electron chi connectivity index (χ1n) is 16.1. The third-order valence-corrected chi connectivity index (χ3v) is 8.47. The Bertz CT molecular complexity index is 2010. The molecule has 0 bridgehead atoms. The monoisotopic (exact) mass is 667 g/mol. The molecule has 49 heavy (non-hydrogen) atoms. The quantitative estimate of drug-likeness (QED) is 0.130. The number of hydrogen-bond acceptors (Lipinski definition) is 8. The van der Waals surface area contributed by atoms with Crippen LogP contribution in [0.3, 0.4) is 0 Å². The molecule has 0 spiro atoms. The van der Waals surface area contributed by atoms with Crippen LogP contribution in [0, 0.1) is 18.2 Å². The van der Waals surface area contributed by atoms with Crippen molar-refractivity contribution in [2.45, 2.75) is 58.5 Å². The molecule has 1 aliphatic rings. The van der Waals surface area contributed by atoms with E-state index >= 15 is 4.39 Å². The molecule has 11 nitrogen and oxygen atoms in total. The second-order valence-corrected chi connectivity index (χ2v) is 12.2. The average molecular weight is 668 g/mol. The summed E-state index contributed by atoms with van der Waals surface area (Å²) in [6.07, 6.45) is 12.1. The summed E-state index contributed by atoms with van der Waals surface area (Å²) in [5.74, 6) is 0.857. The van der Waals surface area contributed by atoms with Gasteiger partial charge < -0.3 is 15.1 Å². The summed E-state index contributed by atoms with van der Waals surface area (Å²) in [5, 5.41) is 14.2. The van der Waals surface area contributed by atoms with Gasteiger partial charge in [-0.1, -0.05) is 49.8 Å². The van der Waals surface area contributed by atoms with E-state index in [-0.39, 0.29) is 46.5 Å². The Morgan fingerprint density at radius 1 is 1.24 bits per heavy atom. The molecule has 254 valence electrons. The molecule has 4 heterocycles. The number of terminal acetylenes is 1. The first-order chi connectivity index (χ1) is 23.5. The number of hydrogen-bond donors (Lipinski definition) is 2. The Balaban J connectivity index is 1.72. The van der Waals surface area contributed by atoms with E-state index in [1.54, 1.807) is 11.1 Å². The van der Waals surface area contributed by atoms with Gasteiger partial charge in [-0.2, -0.15) is 4.98 Å². The van der Waals surface area contributed by atoms with Crippen molar-refractivity contribution >= 4 is 28.4 Å². The summed E-state index contributed by atoms with van der Waals surface area (Å²) in [4.78, 5) is 39.7. The van der Waals surface area contributed by atoms with Crippen LogP contribution in [0.5, 0.6) is 0 Å². The third kappa shape index (κ3) is 7.43. The lowest BCUT2D eigenvalue weighted by Gasteiger charge is -2.44. The van der Waals surface area contributed by atoms with E-state index in [0.29, 0.717) is 37.4 Å². The minimum absolute atomic E-state index is 0.0338. The zero-order valence-electron chi connectivity index (χ0n) is 28.0. The van der Waals surface area contributed by atoms with E-state index < -0.39 is 23.8 Å². The van der Waals surface area contributed by atoms with Crippen molar-refractivity contribution in [2.24, 2.45) is 0 Å². The van der Waals surface area contributed by atoms with Gasteiger partial charge in [0.25, 0.3) is 0 Å². The predicted molar refractivity (Wildman–Crippen MR) is 187 cm³/mol. The molecule has 1 fully saturated rings. The molecule has 1 saturated heterocycles. The highest BCUT2D eigenvalue weighted by Gasteiger charge is 2.34. The number of nitrogens with zero attached hydrogens (tertiary/aromatic N) is 7. The van der Waals surface area contributed by atoms with Crippen molar-refractivity contribution in [2.75, 3.05) is 29.9 Å². The zero-order chi connectivity index (χ0) is 35.2. The maximum atomic E-state index is 15.9. The first-order valence-corrected chi connectivity index (χ1v) is 16.1. The van der Waals surface area contributed by atoms with Crippen LogP contribution in [0.15, 0.2) is 72.0 Å². The van der Waals surface area contributed by atoms with Gasteiger partial charge in [-0.3, -0.25) is 9.89 Å². The third-order valence-electron chi connectivity index (χ3n) is 8.47. The number of allylic oxidation sites excluding steroid dienone is 4. The molecule has 5 rings (SSSR count). The van der Waals surface area contributed by atoms with E-state index in [2.05, 4.69) is 43.2 Å². The van der Waals surface area contributed by atoms with E-state index in [1.165, 1.54) is 28.9 Å². The minimum atomic E-state index is -0.755. The number of carbonyl (C=O) groups excluding carboxylic acids is 1. The smallest absolute Gasteiger partial charge is 0.355 e. The van der Waals surface area contributed by atoms with Gasteiger partial charge in [0.05, 0.1) is 28.1 Å². The molecule has 13 heteroatoms. The second-order valence-electron chi connectivity index (χ2n) is 12.2. The van der Waals surface area contributed by atoms with Gasteiger partial charge in [0.2, 0.25) is 5.91 Å². The van der Waals surface area contributed by atoms with Gasteiger partial charge in [0, 0.05) is 50.8 Å². The van der Waals surface area contributed by atoms with Crippen LogP contribution in [-0.4, -0.2) is 72.5 Å². The number of anilines is 2. The molecule has 2 N–H and O–H groups in total. The molecule has 0 aliphatic carbocycles. The molecule has 3 aromatic heterocycles. The van der Waals surface area contributed by atoms with Crippen molar-refractivity contribution in [3.05, 3.63) is 100 Å². The van der Waals surface area contributed by atoms with Crippen molar-refractivity contribution < 1.29 is 13.6 Å². The molecule has 2 atom stereocenters. The number of fused-ring (bicyclic) bond motifs is 1. The standard InChI is InChI=1S/C36H39F2N9O2/c1-7-9-10-12-25(37)17-31-29(38)18-28-34(46-21-23(5)45(20-24(46)6)32(48)8-2)42-36(49)47(35(28)41-31)33-27(22(3)4)13-11-14-30(33)39-16-15-26-19-40-44-43-26/h1,8-14,18-19,22-24,39H,2,15-17,20-21H2,3-6H3,(H,40,43,44)/b10-9-,25-12+/t23-,24+/m1/s1. The number of rotatable bonds is 11. The number of aromatic nitrogens is 6. The van der Waals surface area contributed by atoms with Gasteiger partial charge >= 0.3 is 5.69 Å². The van der Waals surface area contributed by atoms with Gasteiger partial charge in [-0.05, 0) is 55.7 Å². The van der Waals surface area contributed by atoms with Gasteiger partial charge in [0.15, 0.2) is 5.65 Å². The summed E-state index contributed by atoms with van der Waals surface area (Å²) in [6, 6.07) is 6.38. The van der Waals surface area contributed by atoms with Crippen LogP contribution in [0.1, 0.15) is 50.6 Å². The summed E-state index contributed by atoms with van der Waals surface area (Å²) in [5.41, 5.74) is 2.01. The number of nitrogens with one attached hydrogen (secondary N) is 2. The molecule has 1 aliphatic heterocycles. The Morgan fingerprint density at radius 3 is 2.73 bits per heavy atom. The highest BCUT2D eigenvalue weighted by molar-refractivity contribution is 5.90. The van der Waals surface area contributed by atoms with Gasteiger partial charge in [-0.25, -0.2) is 23.1 Å². The summed E-state index contributed by atoms with van der Waals surface area (Å²) in [6.45, 7) is 12.5. The fourth-order valence-corrected chi connectivity index (χ4v) is 6.05. The summed E-state index contributed by atoms with van der Waals surface area (Å²) >= 11 is 0. The average Bonchev–Trinajstić information content (AvgIpc) is 3.59. The first kappa shape index (κ1) is 34.7. The number of piperazine rings is 1. The molecule has 0 unspecified atom stereocenters. The van der Waals surface area contributed by atoms with E-state index in [1.807, 2.05) is 50.8 Å². The van der Waals surface area contributed by atoms with E-state index in [4.69, 9.17) is 6.42 Å². The fourth-order valence-electron chi connectivity index (χ4n) is 6.05. The molecular weight excluding hydrogens is 628 g/mol. The zero-order valence-corrected chi connectivity index (χ0v) is 28.0. The number of aromatic amines is 1. The van der Waals surface area contributed by atoms with Crippen LogP contribution in [0.2, 0.25) is 0 Å². The van der Waals surface area contributed by atoms with Gasteiger partial charge in [-0.15, -0.1) is 11.5 Å². The van der Waals surface area contributed by atoms with Gasteiger partial charge in [0.1, 0.15) is 17.5 Å². The van der Waals surface area contributed by atoms with Crippen LogP contribution >= 0.6 is 0 Å². The normalized spacial score (nSPS) is 16.8. The molecule has 4 aromatic rings. The largest absolute Gasteiger partial charge is 0.383 e. The molecule has 1 aromatic carbocycles. The second kappa shape index (κ2) is 15.1. The van der Waals surface area contributed by atoms with E-state index in [9.17, 15) is 14.0 Å². The van der Waals surface area contributed by atoms with Crippen LogP contribution in [0.4, 0.5) is 20.3 Å². The lowest BCUT2D eigenvalue weighted by molar-refractivity contribution is -0.128. The number of H-pyrrole nitrogens is 1. The Morgan fingerprint density at radius 2 is 2.04 bits per heavy atom. The Hall–Kier alpha value is -5.64. The molecule has 0 saturated carbocycles. The minimum Gasteiger partial charge on any atom is -0.383 e. The van der Waals surface area contributed by atoms with Crippen LogP contribution in [-0.2, 0) is 17.6 Å². The fraction of sp³-hybridized carbons (Fsp3) is 0.333. The number of pyridine rings is 1. The predicted octanol–water partition coefficient (Wildman–Crippen LogP) is 5.01. The number of amides is 1. The van der Waals surface area contributed by atoms with Crippen molar-refractivity contribution in [1.82, 2.24) is 34.8 Å². The number of carbonyl (C=O) groups is 1. The number of halogens is 2. The topological polar surface area (TPSA) is 125 Å². The van der Waals surface area contributed by atoms with E-state index in [0.717, 1.165) is 17.3 Å². The highest BCUT2D eigenvalue weighted by Crippen LogP contribution is 2.35. The highest BCUT2D eigenvalue weighted by atomic mass is 19.1. The van der Waals surface area contributed by atoms with Crippen molar-refractivity contribution in [1.29, 1.82) is 0 Å². The summed E-state index contributed by atoms with van der Waals surface area (Å²) < 4.78 is 32.2.